The monoisotopic (exact) mass is 252 g/mol. The van der Waals surface area contributed by atoms with E-state index in [0.29, 0.717) is 5.75 Å². The summed E-state index contributed by atoms with van der Waals surface area (Å²) in [7, 11) is 1.56. The SMILES string of the molecule is COc1ccc(-c2ccc(C(F)(F)F)cc2)cc1. The minimum Gasteiger partial charge on any atom is -0.497 e. The van der Waals surface area contributed by atoms with E-state index >= 15 is 0 Å². The molecule has 0 N–H and O–H groups in total. The van der Waals surface area contributed by atoms with Gasteiger partial charge in [0.05, 0.1) is 12.7 Å². The molecule has 18 heavy (non-hydrogen) atoms. The minimum atomic E-state index is -4.29. The Balaban J connectivity index is 2.28. The molecule has 0 aliphatic heterocycles. The molecule has 2 rings (SSSR count). The molecule has 1 nitrogen and oxygen atoms in total. The summed E-state index contributed by atoms with van der Waals surface area (Å²) in [6, 6.07) is 12.2. The van der Waals surface area contributed by atoms with Gasteiger partial charge >= 0.3 is 6.18 Å². The first-order chi connectivity index (χ1) is 8.50. The Hall–Kier alpha value is -1.97. The maximum absolute atomic E-state index is 12.4. The van der Waals surface area contributed by atoms with Gasteiger partial charge in [-0.3, -0.25) is 0 Å². The first-order valence-electron chi connectivity index (χ1n) is 5.32. The lowest BCUT2D eigenvalue weighted by molar-refractivity contribution is -0.137. The van der Waals surface area contributed by atoms with E-state index in [4.69, 9.17) is 4.74 Å². The largest absolute Gasteiger partial charge is 0.497 e. The van der Waals surface area contributed by atoms with E-state index in [1.807, 2.05) is 0 Å². The van der Waals surface area contributed by atoms with Gasteiger partial charge in [0.2, 0.25) is 0 Å². The number of benzene rings is 2. The number of methoxy groups -OCH3 is 1. The number of hydrogen-bond donors (Lipinski definition) is 0. The molecule has 0 heterocycles. The van der Waals surface area contributed by atoms with E-state index in [-0.39, 0.29) is 0 Å². The van der Waals surface area contributed by atoms with Gasteiger partial charge in [-0.15, -0.1) is 0 Å². The van der Waals surface area contributed by atoms with Gasteiger partial charge in [-0.25, -0.2) is 0 Å². The van der Waals surface area contributed by atoms with Crippen LogP contribution in [-0.2, 0) is 6.18 Å². The lowest BCUT2D eigenvalue weighted by Crippen LogP contribution is -2.03. The predicted molar refractivity (Wildman–Crippen MR) is 63.4 cm³/mol. The Morgan fingerprint density at radius 3 is 1.61 bits per heavy atom. The second kappa shape index (κ2) is 4.72. The Morgan fingerprint density at radius 1 is 0.778 bits per heavy atom. The van der Waals surface area contributed by atoms with E-state index in [0.717, 1.165) is 23.3 Å². The Morgan fingerprint density at radius 2 is 1.22 bits per heavy atom. The summed E-state index contributed by atoms with van der Waals surface area (Å²) in [6.45, 7) is 0. The highest BCUT2D eigenvalue weighted by Gasteiger charge is 2.29. The number of rotatable bonds is 2. The van der Waals surface area contributed by atoms with Crippen LogP contribution in [0.5, 0.6) is 5.75 Å². The molecule has 0 saturated heterocycles. The normalized spacial score (nSPS) is 11.3. The lowest BCUT2D eigenvalue weighted by Gasteiger charge is -2.08. The third kappa shape index (κ3) is 2.64. The summed E-state index contributed by atoms with van der Waals surface area (Å²) >= 11 is 0. The minimum absolute atomic E-state index is 0.639. The molecule has 0 saturated carbocycles. The van der Waals surface area contributed by atoms with Crippen LogP contribution in [-0.4, -0.2) is 7.11 Å². The van der Waals surface area contributed by atoms with Gasteiger partial charge in [0.15, 0.2) is 0 Å². The van der Waals surface area contributed by atoms with Gasteiger partial charge in [0.1, 0.15) is 5.75 Å². The van der Waals surface area contributed by atoms with Crippen molar-refractivity contribution < 1.29 is 17.9 Å². The van der Waals surface area contributed by atoms with Gasteiger partial charge < -0.3 is 4.74 Å². The van der Waals surface area contributed by atoms with Crippen LogP contribution in [0, 0.1) is 0 Å². The molecule has 0 fully saturated rings. The van der Waals surface area contributed by atoms with Crippen LogP contribution < -0.4 is 4.74 Å². The summed E-state index contributed by atoms with van der Waals surface area (Å²) in [5.41, 5.74) is 0.954. The molecule has 94 valence electrons. The zero-order valence-corrected chi connectivity index (χ0v) is 9.66. The van der Waals surface area contributed by atoms with Gasteiger partial charge in [0.25, 0.3) is 0 Å². The van der Waals surface area contributed by atoms with Crippen LogP contribution in [0.1, 0.15) is 5.56 Å². The topological polar surface area (TPSA) is 9.23 Å². The molecule has 2 aromatic carbocycles. The van der Waals surface area contributed by atoms with Crippen molar-refractivity contribution >= 4 is 0 Å². The molecule has 0 aromatic heterocycles. The molecule has 0 amide bonds. The fraction of sp³-hybridized carbons (Fsp3) is 0.143. The van der Waals surface area contributed by atoms with Crippen molar-refractivity contribution in [2.24, 2.45) is 0 Å². The zero-order chi connectivity index (χ0) is 13.2. The van der Waals surface area contributed by atoms with Gasteiger partial charge in [0, 0.05) is 0 Å². The van der Waals surface area contributed by atoms with Crippen molar-refractivity contribution in [1.29, 1.82) is 0 Å². The highest BCUT2D eigenvalue weighted by atomic mass is 19.4. The van der Waals surface area contributed by atoms with Gasteiger partial charge in [-0.05, 0) is 35.4 Å². The third-order valence-electron chi connectivity index (χ3n) is 2.64. The fourth-order valence-corrected chi connectivity index (χ4v) is 1.64. The maximum Gasteiger partial charge on any atom is 0.416 e. The van der Waals surface area contributed by atoms with Crippen molar-refractivity contribution in [3.63, 3.8) is 0 Å². The number of alkyl halides is 3. The summed E-state index contributed by atoms with van der Waals surface area (Å²) in [5.74, 6) is 0.714. The molecular formula is C14H11F3O. The van der Waals surface area contributed by atoms with Gasteiger partial charge in [-0.2, -0.15) is 13.2 Å². The molecule has 0 radical (unpaired) electrons. The predicted octanol–water partition coefficient (Wildman–Crippen LogP) is 4.38. The molecule has 0 aliphatic carbocycles. The van der Waals surface area contributed by atoms with Crippen molar-refractivity contribution in [2.75, 3.05) is 7.11 Å². The average Bonchev–Trinajstić information content (AvgIpc) is 2.38. The Labute approximate surface area is 103 Å². The number of halogens is 3. The Bertz CT molecular complexity index is 512. The summed E-state index contributed by atoms with van der Waals surface area (Å²) in [6.07, 6.45) is -4.29. The highest BCUT2D eigenvalue weighted by Crippen LogP contribution is 2.31. The standard InChI is InChI=1S/C14H11F3O/c1-18-13-8-4-11(5-9-13)10-2-6-12(7-3-10)14(15,16)17/h2-9H,1H3. The van der Waals surface area contributed by atoms with Crippen LogP contribution in [0.2, 0.25) is 0 Å². The lowest BCUT2D eigenvalue weighted by atomic mass is 10.0. The molecule has 2 aromatic rings. The van der Waals surface area contributed by atoms with Crippen LogP contribution in [0.4, 0.5) is 13.2 Å². The third-order valence-corrected chi connectivity index (χ3v) is 2.64. The number of hydrogen-bond acceptors (Lipinski definition) is 1. The van der Waals surface area contributed by atoms with E-state index < -0.39 is 11.7 Å². The second-order valence-corrected chi connectivity index (χ2v) is 3.80. The smallest absolute Gasteiger partial charge is 0.416 e. The molecule has 0 atom stereocenters. The first-order valence-corrected chi connectivity index (χ1v) is 5.32. The summed E-state index contributed by atoms with van der Waals surface area (Å²) < 4.78 is 42.2. The quantitative estimate of drug-likeness (QED) is 0.770. The van der Waals surface area contributed by atoms with E-state index in [2.05, 4.69) is 0 Å². The zero-order valence-electron chi connectivity index (χ0n) is 9.66. The molecule has 0 aliphatic rings. The van der Waals surface area contributed by atoms with Gasteiger partial charge in [-0.1, -0.05) is 24.3 Å². The second-order valence-electron chi connectivity index (χ2n) is 3.80. The fourth-order valence-electron chi connectivity index (χ4n) is 1.64. The van der Waals surface area contributed by atoms with Crippen LogP contribution in [0.3, 0.4) is 0 Å². The van der Waals surface area contributed by atoms with Crippen LogP contribution >= 0.6 is 0 Å². The molecule has 0 unspecified atom stereocenters. The maximum atomic E-state index is 12.4. The highest BCUT2D eigenvalue weighted by molar-refractivity contribution is 5.64. The van der Waals surface area contributed by atoms with Crippen molar-refractivity contribution in [3.8, 4) is 16.9 Å². The van der Waals surface area contributed by atoms with Crippen molar-refractivity contribution in [3.05, 3.63) is 54.1 Å². The van der Waals surface area contributed by atoms with Crippen molar-refractivity contribution in [1.82, 2.24) is 0 Å². The van der Waals surface area contributed by atoms with Crippen LogP contribution in [0.15, 0.2) is 48.5 Å². The summed E-state index contributed by atoms with van der Waals surface area (Å²) in [5, 5.41) is 0. The van der Waals surface area contributed by atoms with E-state index in [1.54, 1.807) is 31.4 Å². The molecular weight excluding hydrogens is 241 g/mol. The van der Waals surface area contributed by atoms with E-state index in [1.165, 1.54) is 12.1 Å². The molecule has 0 spiro atoms. The van der Waals surface area contributed by atoms with E-state index in [9.17, 15) is 13.2 Å². The Kier molecular flexibility index (Phi) is 3.28. The van der Waals surface area contributed by atoms with Crippen molar-refractivity contribution in [2.45, 2.75) is 6.18 Å². The first kappa shape index (κ1) is 12.5. The van der Waals surface area contributed by atoms with Crippen LogP contribution in [0.25, 0.3) is 11.1 Å². The number of ether oxygens (including phenoxy) is 1. The summed E-state index contributed by atoms with van der Waals surface area (Å²) in [4.78, 5) is 0. The molecule has 4 heteroatoms. The average molecular weight is 252 g/mol. The molecule has 0 bridgehead atoms.